The summed E-state index contributed by atoms with van der Waals surface area (Å²) in [5.41, 5.74) is 0.495. The summed E-state index contributed by atoms with van der Waals surface area (Å²) >= 11 is 0. The molecule has 0 aliphatic rings. The topological polar surface area (TPSA) is 86.6 Å². The molecule has 4 aromatic rings. The minimum Gasteiger partial charge on any atom is -0.376 e. The van der Waals surface area contributed by atoms with Gasteiger partial charge in [0.25, 0.3) is 10.0 Å². The lowest BCUT2D eigenvalue weighted by molar-refractivity contribution is 0.145. The normalized spacial score (nSPS) is 13.7. The Morgan fingerprint density at radius 2 is 1.37 bits per heavy atom. The van der Waals surface area contributed by atoms with Gasteiger partial charge in [0.15, 0.2) is 5.60 Å². The molecule has 5 nitrogen and oxygen atoms in total. The zero-order chi connectivity index (χ0) is 24.9. The number of sulfonamides is 1. The first-order chi connectivity index (χ1) is 16.8. The molecular formula is C29H25NO4S. The maximum atomic E-state index is 13.1. The molecule has 6 heteroatoms. The van der Waals surface area contributed by atoms with E-state index in [4.69, 9.17) is 0 Å². The third-order valence-electron chi connectivity index (χ3n) is 5.59. The van der Waals surface area contributed by atoms with Crippen LogP contribution in [0.4, 0.5) is 5.69 Å². The van der Waals surface area contributed by atoms with Crippen molar-refractivity contribution in [2.75, 3.05) is 4.72 Å². The van der Waals surface area contributed by atoms with Crippen molar-refractivity contribution in [2.45, 2.75) is 23.5 Å². The van der Waals surface area contributed by atoms with Gasteiger partial charge in [-0.15, -0.1) is 0 Å². The quantitative estimate of drug-likeness (QED) is 0.345. The van der Waals surface area contributed by atoms with Gasteiger partial charge in [-0.05, 0) is 30.7 Å². The van der Waals surface area contributed by atoms with E-state index in [2.05, 4.69) is 16.6 Å². The lowest BCUT2D eigenvalue weighted by Crippen LogP contribution is -2.28. The van der Waals surface area contributed by atoms with E-state index >= 15 is 0 Å². The van der Waals surface area contributed by atoms with E-state index in [1.54, 1.807) is 84.9 Å². The number of hydrogen-bond donors (Lipinski definition) is 3. The summed E-state index contributed by atoms with van der Waals surface area (Å²) in [4.78, 5) is 0.103. The van der Waals surface area contributed by atoms with Crippen LogP contribution in [0, 0.1) is 18.8 Å². The minimum absolute atomic E-state index is 0.103. The Bertz CT molecular complexity index is 1460. The van der Waals surface area contributed by atoms with E-state index in [0.717, 1.165) is 5.56 Å². The number of aliphatic hydroxyl groups excluding tert-OH is 1. The second-order valence-corrected chi connectivity index (χ2v) is 9.81. The molecule has 0 heterocycles. The Morgan fingerprint density at radius 3 is 2.03 bits per heavy atom. The Morgan fingerprint density at radius 1 is 0.800 bits per heavy atom. The molecule has 2 unspecified atom stereocenters. The molecule has 4 rings (SSSR count). The summed E-state index contributed by atoms with van der Waals surface area (Å²) in [5, 5.41) is 22.5. The number of rotatable bonds is 6. The predicted molar refractivity (Wildman–Crippen MR) is 137 cm³/mol. The van der Waals surface area contributed by atoms with Crippen LogP contribution >= 0.6 is 0 Å². The largest absolute Gasteiger partial charge is 0.376 e. The second-order valence-electron chi connectivity index (χ2n) is 8.12. The van der Waals surface area contributed by atoms with Gasteiger partial charge in [-0.1, -0.05) is 108 Å². The average molecular weight is 484 g/mol. The van der Waals surface area contributed by atoms with Crippen LogP contribution in [0.1, 0.15) is 28.4 Å². The standard InChI is InChI=1S/C29H25NO4S/c1-22-16-18-25(19-17-22)35(33,34)30-27-15-9-8-14-26(27)29(32,24-12-6-3-7-13-24)21-20-28(31)23-10-4-2-5-11-23/h2-19,28,30-32H,1H3. The maximum absolute atomic E-state index is 13.1. The highest BCUT2D eigenvalue weighted by Gasteiger charge is 2.33. The van der Waals surface area contributed by atoms with Gasteiger partial charge in [0.05, 0.1) is 10.6 Å². The summed E-state index contributed by atoms with van der Waals surface area (Å²) in [6.45, 7) is 1.88. The van der Waals surface area contributed by atoms with Crippen molar-refractivity contribution in [1.82, 2.24) is 0 Å². The van der Waals surface area contributed by atoms with Crippen molar-refractivity contribution < 1.29 is 18.6 Å². The van der Waals surface area contributed by atoms with Gasteiger partial charge in [0.2, 0.25) is 0 Å². The zero-order valence-corrected chi connectivity index (χ0v) is 19.9. The molecule has 0 aromatic heterocycles. The lowest BCUT2D eigenvalue weighted by Gasteiger charge is -2.26. The molecule has 0 aliphatic heterocycles. The molecular weight excluding hydrogens is 458 g/mol. The molecule has 0 radical (unpaired) electrons. The lowest BCUT2D eigenvalue weighted by atomic mass is 9.85. The monoisotopic (exact) mass is 483 g/mol. The molecule has 0 aliphatic carbocycles. The van der Waals surface area contributed by atoms with Gasteiger partial charge < -0.3 is 10.2 Å². The fourth-order valence-electron chi connectivity index (χ4n) is 3.67. The second kappa shape index (κ2) is 10.2. The highest BCUT2D eigenvalue weighted by molar-refractivity contribution is 7.92. The van der Waals surface area contributed by atoms with Gasteiger partial charge in [-0.2, -0.15) is 0 Å². The highest BCUT2D eigenvalue weighted by Crippen LogP contribution is 2.35. The summed E-state index contributed by atoms with van der Waals surface area (Å²) < 4.78 is 28.8. The number of nitrogens with one attached hydrogen (secondary N) is 1. The number of aryl methyl sites for hydroxylation is 1. The van der Waals surface area contributed by atoms with Gasteiger partial charge in [-0.25, -0.2) is 8.42 Å². The smallest absolute Gasteiger partial charge is 0.261 e. The van der Waals surface area contributed by atoms with Crippen LogP contribution in [0.25, 0.3) is 0 Å². The van der Waals surface area contributed by atoms with E-state index in [1.807, 2.05) is 19.1 Å². The van der Waals surface area contributed by atoms with Gasteiger partial charge in [0.1, 0.15) is 6.10 Å². The minimum atomic E-state index is -3.93. The summed E-state index contributed by atoms with van der Waals surface area (Å²) in [5.74, 6) is 5.56. The van der Waals surface area contributed by atoms with E-state index in [-0.39, 0.29) is 16.1 Å². The predicted octanol–water partition coefficient (Wildman–Crippen LogP) is 4.77. The van der Waals surface area contributed by atoms with Crippen molar-refractivity contribution >= 4 is 15.7 Å². The fourth-order valence-corrected chi connectivity index (χ4v) is 4.75. The molecule has 176 valence electrons. The van der Waals surface area contributed by atoms with E-state index < -0.39 is 21.7 Å². The third kappa shape index (κ3) is 5.44. The molecule has 4 aromatic carbocycles. The number of para-hydroxylation sites is 1. The zero-order valence-electron chi connectivity index (χ0n) is 19.1. The van der Waals surface area contributed by atoms with Gasteiger partial charge in [0, 0.05) is 11.1 Å². The molecule has 2 atom stereocenters. The number of benzene rings is 4. The molecule has 0 spiro atoms. The van der Waals surface area contributed by atoms with Crippen molar-refractivity contribution in [3.05, 3.63) is 131 Å². The van der Waals surface area contributed by atoms with Crippen LogP contribution in [0.2, 0.25) is 0 Å². The maximum Gasteiger partial charge on any atom is 0.261 e. The van der Waals surface area contributed by atoms with Crippen LogP contribution in [-0.4, -0.2) is 18.6 Å². The van der Waals surface area contributed by atoms with Gasteiger partial charge in [-0.3, -0.25) is 4.72 Å². The summed E-state index contributed by atoms with van der Waals surface area (Å²) in [6, 6.07) is 30.7. The molecule has 0 bridgehead atoms. The number of anilines is 1. The fraction of sp³-hybridized carbons (Fsp3) is 0.103. The molecule has 0 amide bonds. The highest BCUT2D eigenvalue weighted by atomic mass is 32.2. The SMILES string of the molecule is Cc1ccc(S(=O)(=O)Nc2ccccc2C(O)(C#CC(O)c2ccccc2)c2ccccc2)cc1. The van der Waals surface area contributed by atoms with Gasteiger partial charge >= 0.3 is 0 Å². The molecule has 3 N–H and O–H groups in total. The molecule has 0 saturated carbocycles. The van der Waals surface area contributed by atoms with E-state index in [9.17, 15) is 18.6 Å². The number of hydrogen-bond acceptors (Lipinski definition) is 4. The van der Waals surface area contributed by atoms with Crippen molar-refractivity contribution in [3.63, 3.8) is 0 Å². The van der Waals surface area contributed by atoms with Crippen LogP contribution in [0.5, 0.6) is 0 Å². The van der Waals surface area contributed by atoms with Crippen LogP contribution in [0.3, 0.4) is 0 Å². The Labute approximate surface area is 205 Å². The molecule has 0 saturated heterocycles. The first-order valence-electron chi connectivity index (χ1n) is 11.0. The number of aliphatic hydroxyl groups is 2. The third-order valence-corrected chi connectivity index (χ3v) is 6.97. The first-order valence-corrected chi connectivity index (χ1v) is 12.5. The average Bonchev–Trinajstić information content (AvgIpc) is 2.88. The Balaban J connectivity index is 1.80. The van der Waals surface area contributed by atoms with Crippen LogP contribution in [0.15, 0.2) is 114 Å². The Hall–Kier alpha value is -3.89. The van der Waals surface area contributed by atoms with E-state index in [1.165, 1.54) is 12.1 Å². The van der Waals surface area contributed by atoms with E-state index in [0.29, 0.717) is 11.1 Å². The summed E-state index contributed by atoms with van der Waals surface area (Å²) in [7, 11) is -3.93. The van der Waals surface area contributed by atoms with Crippen molar-refractivity contribution in [1.29, 1.82) is 0 Å². The van der Waals surface area contributed by atoms with Crippen molar-refractivity contribution in [3.8, 4) is 11.8 Å². The molecule has 35 heavy (non-hydrogen) atoms. The van der Waals surface area contributed by atoms with Crippen molar-refractivity contribution in [2.24, 2.45) is 0 Å². The Kier molecular flexibility index (Phi) is 7.04. The first kappa shape index (κ1) is 24.2. The summed E-state index contributed by atoms with van der Waals surface area (Å²) in [6.07, 6.45) is -1.14. The van der Waals surface area contributed by atoms with Crippen LogP contribution in [-0.2, 0) is 15.6 Å². The molecule has 0 fully saturated rings. The van der Waals surface area contributed by atoms with Crippen LogP contribution < -0.4 is 4.72 Å².